The topological polar surface area (TPSA) is 86.8 Å². The number of aryl methyl sites for hydroxylation is 1. The lowest BCUT2D eigenvalue weighted by atomic mass is 10.1. The third kappa shape index (κ3) is 8.61. The number of nitrogens with one attached hydrogen (secondary N) is 1. The number of anilines is 1. The molecule has 3 aromatic rings. The molecular weight excluding hydrogens is 605 g/mol. The summed E-state index contributed by atoms with van der Waals surface area (Å²) in [5, 5.41) is 4.04. The maximum Gasteiger partial charge on any atom is 0.264 e. The normalized spacial score (nSPS) is 12.2. The first kappa shape index (κ1) is 32.7. The number of hydrogen-bond acceptors (Lipinski definition) is 4. The van der Waals surface area contributed by atoms with Crippen LogP contribution in [0.25, 0.3) is 0 Å². The number of sulfonamides is 1. The van der Waals surface area contributed by atoms with Crippen molar-refractivity contribution in [2.75, 3.05) is 17.4 Å². The van der Waals surface area contributed by atoms with Crippen molar-refractivity contribution in [3.05, 3.63) is 92.9 Å². The molecule has 0 aliphatic rings. The summed E-state index contributed by atoms with van der Waals surface area (Å²) >= 11 is 18.5. The summed E-state index contributed by atoms with van der Waals surface area (Å²) in [5.74, 6) is -0.698. The second-order valence-electron chi connectivity index (χ2n) is 10.1. The van der Waals surface area contributed by atoms with Crippen molar-refractivity contribution in [3.63, 3.8) is 0 Å². The molecule has 3 rings (SSSR count). The molecule has 0 aliphatic carbocycles. The molecule has 1 atom stereocenters. The number of benzene rings is 3. The van der Waals surface area contributed by atoms with Crippen LogP contribution in [-0.4, -0.2) is 44.3 Å². The Morgan fingerprint density at radius 3 is 2.17 bits per heavy atom. The maximum absolute atomic E-state index is 14.1. The largest absolute Gasteiger partial charge is 0.354 e. The van der Waals surface area contributed by atoms with Crippen LogP contribution in [-0.2, 0) is 26.2 Å². The van der Waals surface area contributed by atoms with Crippen molar-refractivity contribution >= 4 is 62.3 Å². The van der Waals surface area contributed by atoms with Crippen LogP contribution in [0.3, 0.4) is 0 Å². The highest BCUT2D eigenvalue weighted by Crippen LogP contribution is 2.28. The Kier molecular flexibility index (Phi) is 11.5. The maximum atomic E-state index is 14.1. The fourth-order valence-electron chi connectivity index (χ4n) is 4.22. The molecule has 41 heavy (non-hydrogen) atoms. The third-order valence-electron chi connectivity index (χ3n) is 6.40. The van der Waals surface area contributed by atoms with Gasteiger partial charge in [-0.3, -0.25) is 13.9 Å². The van der Waals surface area contributed by atoms with Crippen LogP contribution in [0.5, 0.6) is 0 Å². The van der Waals surface area contributed by atoms with Gasteiger partial charge in [0.05, 0.1) is 10.6 Å². The van der Waals surface area contributed by atoms with Crippen LogP contribution < -0.4 is 9.62 Å². The number of amides is 2. The van der Waals surface area contributed by atoms with Gasteiger partial charge in [0.15, 0.2) is 0 Å². The molecule has 0 aliphatic heterocycles. The van der Waals surface area contributed by atoms with E-state index in [0.29, 0.717) is 39.3 Å². The summed E-state index contributed by atoms with van der Waals surface area (Å²) in [4.78, 5) is 28.8. The van der Waals surface area contributed by atoms with Crippen molar-refractivity contribution in [2.45, 2.75) is 51.6 Å². The first-order valence-electron chi connectivity index (χ1n) is 13.2. The Bertz CT molecular complexity index is 1480. The van der Waals surface area contributed by atoms with E-state index in [9.17, 15) is 18.0 Å². The molecule has 3 aromatic carbocycles. The van der Waals surface area contributed by atoms with E-state index in [1.807, 2.05) is 26.8 Å². The van der Waals surface area contributed by atoms with E-state index in [-0.39, 0.29) is 23.3 Å². The predicted octanol–water partition coefficient (Wildman–Crippen LogP) is 6.73. The molecule has 0 bridgehead atoms. The highest BCUT2D eigenvalue weighted by molar-refractivity contribution is 7.92. The van der Waals surface area contributed by atoms with Gasteiger partial charge in [0.2, 0.25) is 11.8 Å². The van der Waals surface area contributed by atoms with Gasteiger partial charge in [-0.2, -0.15) is 0 Å². The molecular formula is C30H34Cl3N3O4S. The van der Waals surface area contributed by atoms with E-state index in [2.05, 4.69) is 5.32 Å². The van der Waals surface area contributed by atoms with E-state index in [1.54, 1.807) is 43.3 Å². The molecule has 0 saturated heterocycles. The van der Waals surface area contributed by atoms with Crippen LogP contribution in [0.1, 0.15) is 38.3 Å². The Morgan fingerprint density at radius 2 is 1.59 bits per heavy atom. The number of carbonyl (C=O) groups is 2. The summed E-state index contributed by atoms with van der Waals surface area (Å²) in [6.07, 6.45) is 0.301. The van der Waals surface area contributed by atoms with Crippen molar-refractivity contribution in [1.29, 1.82) is 0 Å². The highest BCUT2D eigenvalue weighted by Gasteiger charge is 2.34. The molecule has 11 heteroatoms. The van der Waals surface area contributed by atoms with Gasteiger partial charge in [0.1, 0.15) is 12.6 Å². The van der Waals surface area contributed by atoms with Gasteiger partial charge in [-0.05, 0) is 78.9 Å². The quantitative estimate of drug-likeness (QED) is 0.238. The number of rotatable bonds is 12. The molecule has 2 amide bonds. The molecule has 7 nitrogen and oxygen atoms in total. The fourth-order valence-corrected chi connectivity index (χ4v) is 6.22. The molecule has 0 unspecified atom stereocenters. The Labute approximate surface area is 257 Å². The molecule has 0 heterocycles. The second kappa shape index (κ2) is 14.4. The van der Waals surface area contributed by atoms with Gasteiger partial charge in [0, 0.05) is 28.2 Å². The van der Waals surface area contributed by atoms with E-state index in [0.717, 1.165) is 9.87 Å². The van der Waals surface area contributed by atoms with Gasteiger partial charge in [-0.25, -0.2) is 8.42 Å². The summed E-state index contributed by atoms with van der Waals surface area (Å²) in [7, 11) is -4.19. The summed E-state index contributed by atoms with van der Waals surface area (Å²) in [6, 6.07) is 16.6. The Hall–Kier alpha value is -2.78. The standard InChI is InChI=1S/C30H34Cl3N3O4S/c1-5-28(30(38)34-17-20(2)3)35(18-22-9-10-24(32)16-27(22)33)29(37)19-36(25-8-6-7-21(4)15-25)41(39,40)26-13-11-23(31)12-14-26/h6-16,20,28H,5,17-19H2,1-4H3,(H,34,38)/t28-/m1/s1. The van der Waals surface area contributed by atoms with E-state index in [4.69, 9.17) is 34.8 Å². The first-order valence-corrected chi connectivity index (χ1v) is 15.8. The number of carbonyl (C=O) groups excluding carboxylic acids is 2. The second-order valence-corrected chi connectivity index (χ2v) is 13.3. The predicted molar refractivity (Wildman–Crippen MR) is 166 cm³/mol. The third-order valence-corrected chi connectivity index (χ3v) is 9.02. The van der Waals surface area contributed by atoms with Crippen LogP contribution in [0.15, 0.2) is 71.6 Å². The van der Waals surface area contributed by atoms with Gasteiger partial charge in [-0.15, -0.1) is 0 Å². The molecule has 1 N–H and O–H groups in total. The van der Waals surface area contributed by atoms with Gasteiger partial charge in [0.25, 0.3) is 10.0 Å². The minimum Gasteiger partial charge on any atom is -0.354 e. The smallest absolute Gasteiger partial charge is 0.264 e. The van der Waals surface area contributed by atoms with Crippen LogP contribution in [0.4, 0.5) is 5.69 Å². The van der Waals surface area contributed by atoms with Crippen molar-refractivity contribution in [3.8, 4) is 0 Å². The van der Waals surface area contributed by atoms with Gasteiger partial charge >= 0.3 is 0 Å². The lowest BCUT2D eigenvalue weighted by Crippen LogP contribution is -2.52. The molecule has 220 valence electrons. The monoisotopic (exact) mass is 637 g/mol. The van der Waals surface area contributed by atoms with Crippen LogP contribution in [0, 0.1) is 12.8 Å². The zero-order valence-electron chi connectivity index (χ0n) is 23.4. The number of hydrogen-bond donors (Lipinski definition) is 1. The minimum absolute atomic E-state index is 0.0227. The van der Waals surface area contributed by atoms with Crippen molar-refractivity contribution in [1.82, 2.24) is 10.2 Å². The minimum atomic E-state index is -4.19. The molecule has 0 saturated carbocycles. The van der Waals surface area contributed by atoms with Gasteiger partial charge < -0.3 is 10.2 Å². The Balaban J connectivity index is 2.07. The molecule has 0 aromatic heterocycles. The van der Waals surface area contributed by atoms with Gasteiger partial charge in [-0.1, -0.05) is 73.8 Å². The lowest BCUT2D eigenvalue weighted by molar-refractivity contribution is -0.140. The van der Waals surface area contributed by atoms with E-state index in [1.165, 1.54) is 29.2 Å². The van der Waals surface area contributed by atoms with E-state index >= 15 is 0 Å². The van der Waals surface area contributed by atoms with Crippen molar-refractivity contribution < 1.29 is 18.0 Å². The fraction of sp³-hybridized carbons (Fsp3) is 0.333. The summed E-state index contributed by atoms with van der Waals surface area (Å²) in [6.45, 7) is 7.43. The number of nitrogens with zero attached hydrogens (tertiary/aromatic N) is 2. The van der Waals surface area contributed by atoms with Crippen molar-refractivity contribution in [2.24, 2.45) is 5.92 Å². The zero-order chi connectivity index (χ0) is 30.3. The number of halogens is 3. The summed E-state index contributed by atoms with van der Waals surface area (Å²) < 4.78 is 28.9. The first-order chi connectivity index (χ1) is 19.3. The zero-order valence-corrected chi connectivity index (χ0v) is 26.5. The molecule has 0 fully saturated rings. The highest BCUT2D eigenvalue weighted by atomic mass is 35.5. The van der Waals surface area contributed by atoms with Crippen LogP contribution in [0.2, 0.25) is 15.1 Å². The lowest BCUT2D eigenvalue weighted by Gasteiger charge is -2.33. The summed E-state index contributed by atoms with van der Waals surface area (Å²) in [5.41, 5.74) is 1.70. The Morgan fingerprint density at radius 1 is 0.927 bits per heavy atom. The molecule has 0 spiro atoms. The average molecular weight is 639 g/mol. The molecule has 0 radical (unpaired) electrons. The van der Waals surface area contributed by atoms with E-state index < -0.39 is 28.5 Å². The SMILES string of the molecule is CC[C@H](C(=O)NCC(C)C)N(Cc1ccc(Cl)cc1Cl)C(=O)CN(c1cccc(C)c1)S(=O)(=O)c1ccc(Cl)cc1. The average Bonchev–Trinajstić information content (AvgIpc) is 2.91. The van der Waals surface area contributed by atoms with Crippen LogP contribution >= 0.6 is 34.8 Å².